The Hall–Kier alpha value is -0.940. The standard InChI is InChI=1S/C11H19N3O2/c1-6-7(2)15-8(3)10(6)11-13-9(5-12-4)14-16-11/h6-8,10,12H,5H2,1-4H3. The lowest BCUT2D eigenvalue weighted by molar-refractivity contribution is 0.0542. The molecule has 1 aliphatic rings. The van der Waals surface area contributed by atoms with Crippen molar-refractivity contribution < 1.29 is 9.26 Å². The van der Waals surface area contributed by atoms with Gasteiger partial charge in [0.25, 0.3) is 0 Å². The summed E-state index contributed by atoms with van der Waals surface area (Å²) < 4.78 is 11.1. The molecule has 4 unspecified atom stereocenters. The lowest BCUT2D eigenvalue weighted by atomic mass is 9.89. The van der Waals surface area contributed by atoms with E-state index in [2.05, 4.69) is 36.2 Å². The van der Waals surface area contributed by atoms with Gasteiger partial charge < -0.3 is 14.6 Å². The Morgan fingerprint density at radius 2 is 2.00 bits per heavy atom. The van der Waals surface area contributed by atoms with Crippen molar-refractivity contribution in [1.29, 1.82) is 0 Å². The molecule has 2 heterocycles. The van der Waals surface area contributed by atoms with Gasteiger partial charge in [-0.15, -0.1) is 0 Å². The highest BCUT2D eigenvalue weighted by molar-refractivity contribution is 5.03. The Balaban J connectivity index is 2.16. The van der Waals surface area contributed by atoms with Crippen molar-refractivity contribution in [2.75, 3.05) is 7.05 Å². The van der Waals surface area contributed by atoms with Crippen molar-refractivity contribution in [2.24, 2.45) is 5.92 Å². The van der Waals surface area contributed by atoms with E-state index in [1.165, 1.54) is 0 Å². The van der Waals surface area contributed by atoms with Crippen molar-refractivity contribution in [2.45, 2.75) is 45.4 Å². The van der Waals surface area contributed by atoms with Crippen LogP contribution in [0.25, 0.3) is 0 Å². The molecular weight excluding hydrogens is 206 g/mol. The minimum Gasteiger partial charge on any atom is -0.374 e. The summed E-state index contributed by atoms with van der Waals surface area (Å²) in [5.74, 6) is 2.04. The number of ether oxygens (including phenoxy) is 1. The molecule has 0 spiro atoms. The Morgan fingerprint density at radius 1 is 1.25 bits per heavy atom. The molecule has 16 heavy (non-hydrogen) atoms. The minimum absolute atomic E-state index is 0.146. The van der Waals surface area contributed by atoms with Crippen LogP contribution in [0.5, 0.6) is 0 Å². The molecule has 4 atom stereocenters. The number of aromatic nitrogens is 2. The van der Waals surface area contributed by atoms with E-state index in [4.69, 9.17) is 9.26 Å². The predicted octanol–water partition coefficient (Wildman–Crippen LogP) is 1.32. The third kappa shape index (κ3) is 1.97. The molecule has 0 aromatic carbocycles. The summed E-state index contributed by atoms with van der Waals surface area (Å²) >= 11 is 0. The Bertz CT molecular complexity index is 353. The van der Waals surface area contributed by atoms with Crippen molar-refractivity contribution in [3.8, 4) is 0 Å². The van der Waals surface area contributed by atoms with Crippen molar-refractivity contribution >= 4 is 0 Å². The van der Waals surface area contributed by atoms with Gasteiger partial charge in [0, 0.05) is 0 Å². The van der Waals surface area contributed by atoms with E-state index >= 15 is 0 Å². The van der Waals surface area contributed by atoms with Crippen molar-refractivity contribution in [3.05, 3.63) is 11.7 Å². The molecular formula is C11H19N3O2. The number of nitrogens with one attached hydrogen (secondary N) is 1. The highest BCUT2D eigenvalue weighted by atomic mass is 16.5. The molecule has 1 aliphatic heterocycles. The SMILES string of the molecule is CNCc1noc(C2C(C)OC(C)C2C)n1. The first-order valence-electron chi connectivity index (χ1n) is 5.76. The molecule has 0 aliphatic carbocycles. The monoisotopic (exact) mass is 225 g/mol. The third-order valence-corrected chi connectivity index (χ3v) is 3.35. The maximum absolute atomic E-state index is 5.77. The molecule has 1 aromatic heterocycles. The Morgan fingerprint density at radius 3 is 2.56 bits per heavy atom. The van der Waals surface area contributed by atoms with E-state index in [-0.39, 0.29) is 18.1 Å². The first kappa shape index (κ1) is 11.5. The van der Waals surface area contributed by atoms with Gasteiger partial charge in [-0.1, -0.05) is 12.1 Å². The van der Waals surface area contributed by atoms with E-state index in [0.29, 0.717) is 24.2 Å². The van der Waals surface area contributed by atoms with Gasteiger partial charge in [-0.2, -0.15) is 4.98 Å². The second kappa shape index (κ2) is 4.51. The fourth-order valence-electron chi connectivity index (χ4n) is 2.33. The molecule has 1 fully saturated rings. The molecule has 5 heteroatoms. The van der Waals surface area contributed by atoms with Crippen molar-refractivity contribution in [3.63, 3.8) is 0 Å². The number of hydrogen-bond acceptors (Lipinski definition) is 5. The molecule has 0 saturated carbocycles. The summed E-state index contributed by atoms with van der Waals surface area (Å²) in [6.07, 6.45) is 0.396. The minimum atomic E-state index is 0.146. The normalized spacial score (nSPS) is 34.5. The molecule has 90 valence electrons. The van der Waals surface area contributed by atoms with Gasteiger partial charge in [0.15, 0.2) is 5.82 Å². The summed E-state index contributed by atoms with van der Waals surface area (Å²) in [6, 6.07) is 0. The van der Waals surface area contributed by atoms with Crippen LogP contribution >= 0.6 is 0 Å². The average molecular weight is 225 g/mol. The van der Waals surface area contributed by atoms with Gasteiger partial charge in [0.1, 0.15) is 0 Å². The van der Waals surface area contributed by atoms with E-state index < -0.39 is 0 Å². The summed E-state index contributed by atoms with van der Waals surface area (Å²) in [5.41, 5.74) is 0. The van der Waals surface area contributed by atoms with Gasteiger partial charge in [-0.05, 0) is 26.8 Å². The summed E-state index contributed by atoms with van der Waals surface area (Å²) in [4.78, 5) is 4.40. The third-order valence-electron chi connectivity index (χ3n) is 3.35. The summed E-state index contributed by atoms with van der Waals surface area (Å²) in [6.45, 7) is 6.95. The largest absolute Gasteiger partial charge is 0.374 e. The van der Waals surface area contributed by atoms with E-state index in [0.717, 1.165) is 0 Å². The predicted molar refractivity (Wildman–Crippen MR) is 59.0 cm³/mol. The molecule has 2 rings (SSSR count). The van der Waals surface area contributed by atoms with Crippen molar-refractivity contribution in [1.82, 2.24) is 15.5 Å². The molecule has 0 amide bonds. The average Bonchev–Trinajstić information content (AvgIpc) is 2.75. The lowest BCUT2D eigenvalue weighted by Gasteiger charge is -2.12. The van der Waals surface area contributed by atoms with Gasteiger partial charge in [-0.3, -0.25) is 0 Å². The number of rotatable bonds is 3. The topological polar surface area (TPSA) is 60.2 Å². The van der Waals surface area contributed by atoms with Crippen LogP contribution in [0.4, 0.5) is 0 Å². The van der Waals surface area contributed by atoms with Gasteiger partial charge in [0.05, 0.1) is 24.7 Å². The van der Waals surface area contributed by atoms with Gasteiger partial charge in [-0.25, -0.2) is 0 Å². The summed E-state index contributed by atoms with van der Waals surface area (Å²) in [5, 5.41) is 6.94. The number of hydrogen-bond donors (Lipinski definition) is 1. The maximum atomic E-state index is 5.77. The second-order valence-corrected chi connectivity index (χ2v) is 4.51. The zero-order valence-corrected chi connectivity index (χ0v) is 10.2. The maximum Gasteiger partial charge on any atom is 0.232 e. The van der Waals surface area contributed by atoms with Crippen LogP contribution in [0, 0.1) is 5.92 Å². The van der Waals surface area contributed by atoms with E-state index in [9.17, 15) is 0 Å². The molecule has 1 saturated heterocycles. The molecule has 5 nitrogen and oxygen atoms in total. The first-order chi connectivity index (χ1) is 7.63. The fraction of sp³-hybridized carbons (Fsp3) is 0.818. The second-order valence-electron chi connectivity index (χ2n) is 4.51. The van der Waals surface area contributed by atoms with Crippen LogP contribution in [-0.2, 0) is 11.3 Å². The molecule has 1 N–H and O–H groups in total. The number of nitrogens with zero attached hydrogens (tertiary/aromatic N) is 2. The molecule has 0 radical (unpaired) electrons. The smallest absolute Gasteiger partial charge is 0.232 e. The van der Waals surface area contributed by atoms with Crippen LogP contribution in [0.15, 0.2) is 4.52 Å². The van der Waals surface area contributed by atoms with Crippen LogP contribution in [0.1, 0.15) is 38.4 Å². The van der Waals surface area contributed by atoms with Crippen LogP contribution in [0.2, 0.25) is 0 Å². The molecule has 1 aromatic rings. The van der Waals surface area contributed by atoms with Crippen LogP contribution < -0.4 is 5.32 Å². The Labute approximate surface area is 95.6 Å². The van der Waals surface area contributed by atoms with Gasteiger partial charge >= 0.3 is 0 Å². The highest BCUT2D eigenvalue weighted by Crippen LogP contribution is 2.38. The van der Waals surface area contributed by atoms with Crippen LogP contribution in [0.3, 0.4) is 0 Å². The zero-order valence-electron chi connectivity index (χ0n) is 10.2. The first-order valence-corrected chi connectivity index (χ1v) is 5.76. The Kier molecular flexibility index (Phi) is 3.25. The van der Waals surface area contributed by atoms with Gasteiger partial charge in [0.2, 0.25) is 5.89 Å². The highest BCUT2D eigenvalue weighted by Gasteiger charge is 2.41. The van der Waals surface area contributed by atoms with E-state index in [1.54, 1.807) is 0 Å². The zero-order chi connectivity index (χ0) is 11.7. The quantitative estimate of drug-likeness (QED) is 0.840. The fourth-order valence-corrected chi connectivity index (χ4v) is 2.33. The lowest BCUT2D eigenvalue weighted by Crippen LogP contribution is -2.15. The summed E-state index contributed by atoms with van der Waals surface area (Å²) in [7, 11) is 1.86. The van der Waals surface area contributed by atoms with Crippen LogP contribution in [-0.4, -0.2) is 29.4 Å². The molecule has 0 bridgehead atoms. The van der Waals surface area contributed by atoms with E-state index in [1.807, 2.05) is 7.05 Å².